The van der Waals surface area contributed by atoms with E-state index in [4.69, 9.17) is 0 Å². The zero-order valence-electron chi connectivity index (χ0n) is 17.9. The van der Waals surface area contributed by atoms with Gasteiger partial charge in [-0.1, -0.05) is 11.3 Å². The Hall–Kier alpha value is -3.42. The number of anilines is 1. The second-order valence-corrected chi connectivity index (χ2v) is 10.9. The van der Waals surface area contributed by atoms with Crippen LogP contribution in [0.3, 0.4) is 0 Å². The third-order valence-electron chi connectivity index (χ3n) is 5.93. The van der Waals surface area contributed by atoms with Gasteiger partial charge in [-0.05, 0) is 25.0 Å². The van der Waals surface area contributed by atoms with Gasteiger partial charge in [-0.15, -0.1) is 10.2 Å². The summed E-state index contributed by atoms with van der Waals surface area (Å²) in [5.74, 6) is 0. The van der Waals surface area contributed by atoms with E-state index in [0.29, 0.717) is 53.9 Å². The van der Waals surface area contributed by atoms with Crippen LogP contribution in [0.25, 0.3) is 16.0 Å². The summed E-state index contributed by atoms with van der Waals surface area (Å²) in [5, 5.41) is 30.1. The van der Waals surface area contributed by atoms with Gasteiger partial charge in [0.05, 0.1) is 22.7 Å². The van der Waals surface area contributed by atoms with Crippen molar-refractivity contribution >= 4 is 44.0 Å². The Morgan fingerprint density at radius 1 is 1.23 bits per heavy atom. The van der Waals surface area contributed by atoms with Crippen LogP contribution in [0.2, 0.25) is 0 Å². The zero-order chi connectivity index (χ0) is 25.0. The number of nitriles is 1. The summed E-state index contributed by atoms with van der Waals surface area (Å²) in [6.07, 6.45) is -1.59. The van der Waals surface area contributed by atoms with Gasteiger partial charge in [-0.3, -0.25) is 0 Å². The van der Waals surface area contributed by atoms with Crippen LogP contribution >= 0.6 is 11.3 Å². The first-order chi connectivity index (χ1) is 16.6. The lowest BCUT2D eigenvalue weighted by molar-refractivity contribution is 0.142. The van der Waals surface area contributed by atoms with Crippen LogP contribution in [0.15, 0.2) is 23.2 Å². The zero-order valence-corrected chi connectivity index (χ0v) is 19.6. The minimum absolute atomic E-state index is 0.0372. The van der Waals surface area contributed by atoms with E-state index in [0.717, 1.165) is 0 Å². The largest absolute Gasteiger partial charge is 0.465 e. The lowest BCUT2D eigenvalue weighted by Crippen LogP contribution is -2.48. The molecule has 0 bridgehead atoms. The minimum atomic E-state index is -4.13. The van der Waals surface area contributed by atoms with E-state index < -0.39 is 33.1 Å². The van der Waals surface area contributed by atoms with Gasteiger partial charge in [0.2, 0.25) is 15.2 Å². The Kier molecular flexibility index (Phi) is 5.57. The van der Waals surface area contributed by atoms with E-state index in [9.17, 15) is 32.4 Å². The van der Waals surface area contributed by atoms with E-state index in [1.165, 1.54) is 27.9 Å². The predicted octanol–water partition coefficient (Wildman–Crippen LogP) is 1.95. The number of halogens is 2. The molecule has 1 saturated carbocycles. The van der Waals surface area contributed by atoms with Crippen molar-refractivity contribution in [2.75, 3.05) is 31.1 Å². The molecule has 1 aromatic carbocycles. The molecule has 5 rings (SSSR count). The molecule has 12 nitrogen and oxygen atoms in total. The number of carbonyl (C=O) groups is 1. The average Bonchev–Trinajstić information content (AvgIpc) is 3.21. The van der Waals surface area contributed by atoms with Crippen molar-refractivity contribution in [1.82, 2.24) is 29.6 Å². The number of sulfonamides is 1. The fourth-order valence-corrected chi connectivity index (χ4v) is 5.96. The van der Waals surface area contributed by atoms with Gasteiger partial charge >= 0.3 is 6.09 Å². The third kappa shape index (κ3) is 4.26. The van der Waals surface area contributed by atoms with Crippen LogP contribution < -0.4 is 9.62 Å². The van der Waals surface area contributed by atoms with Gasteiger partial charge in [0.25, 0.3) is 6.43 Å². The smallest absolute Gasteiger partial charge is 0.407 e. The van der Waals surface area contributed by atoms with Crippen molar-refractivity contribution in [2.24, 2.45) is 0 Å². The molecule has 2 fully saturated rings. The number of carboxylic acid groups (broad SMARTS) is 1. The summed E-state index contributed by atoms with van der Waals surface area (Å²) in [4.78, 5) is 14.3. The third-order valence-corrected chi connectivity index (χ3v) is 8.36. The van der Waals surface area contributed by atoms with Crippen molar-refractivity contribution in [3.05, 3.63) is 23.3 Å². The van der Waals surface area contributed by atoms with Gasteiger partial charge in [-0.2, -0.15) is 15.1 Å². The highest BCUT2D eigenvalue weighted by Gasteiger charge is 2.47. The fraction of sp³-hybridized carbons (Fsp3) is 0.421. The molecule has 35 heavy (non-hydrogen) atoms. The molecular formula is C19H18F2N8O4S2. The van der Waals surface area contributed by atoms with Crippen LogP contribution in [-0.2, 0) is 10.0 Å². The molecule has 1 amide bonds. The van der Waals surface area contributed by atoms with E-state index in [2.05, 4.69) is 20.0 Å². The molecule has 3 aromatic rings. The predicted molar refractivity (Wildman–Crippen MR) is 119 cm³/mol. The van der Waals surface area contributed by atoms with Crippen LogP contribution in [0.5, 0.6) is 0 Å². The number of aromatic nitrogens is 4. The number of rotatable bonds is 6. The highest BCUT2D eigenvalue weighted by atomic mass is 32.2. The molecular weight excluding hydrogens is 506 g/mol. The van der Waals surface area contributed by atoms with Crippen molar-refractivity contribution in [3.8, 4) is 11.2 Å². The summed E-state index contributed by atoms with van der Waals surface area (Å²) < 4.78 is 56.2. The van der Waals surface area contributed by atoms with Crippen molar-refractivity contribution < 1.29 is 27.1 Å². The SMILES string of the molecule is N#CC1(NS(=O)(=O)c2cc(N3CCN(C(=O)O)CC3)c3cnn(-c4nnc(C(F)F)s4)c3c2)CC1. The lowest BCUT2D eigenvalue weighted by Gasteiger charge is -2.35. The lowest BCUT2D eigenvalue weighted by atomic mass is 10.2. The Labute approximate surface area is 201 Å². The monoisotopic (exact) mass is 524 g/mol. The number of hydrogen-bond donors (Lipinski definition) is 2. The maximum absolute atomic E-state index is 13.2. The molecule has 2 N–H and O–H groups in total. The molecule has 1 aliphatic heterocycles. The van der Waals surface area contributed by atoms with E-state index in [-0.39, 0.29) is 23.1 Å². The van der Waals surface area contributed by atoms with Gasteiger partial charge in [-0.25, -0.2) is 26.7 Å². The summed E-state index contributed by atoms with van der Waals surface area (Å²) in [6, 6.07) is 4.78. The number of fused-ring (bicyclic) bond motifs is 1. The Morgan fingerprint density at radius 3 is 2.51 bits per heavy atom. The molecule has 2 aliphatic rings. The summed E-state index contributed by atoms with van der Waals surface area (Å²) in [6.45, 7) is 1.04. The van der Waals surface area contributed by atoms with Crippen molar-refractivity contribution in [2.45, 2.75) is 29.7 Å². The van der Waals surface area contributed by atoms with Crippen molar-refractivity contribution in [3.63, 3.8) is 0 Å². The quantitative estimate of drug-likeness (QED) is 0.492. The number of hydrogen-bond acceptors (Lipinski definition) is 9. The highest BCUT2D eigenvalue weighted by Crippen LogP contribution is 2.38. The molecule has 1 saturated heterocycles. The second kappa shape index (κ2) is 8.36. The molecule has 0 radical (unpaired) electrons. The average molecular weight is 525 g/mol. The standard InChI is InChI=1S/C19H18F2N8O4S2/c20-15(21)16-24-25-17(34-16)29-14-8-11(35(32,33)26-19(10-22)1-2-19)7-13(12(14)9-23-29)27-3-5-28(6-4-27)18(30)31/h7-9,15,26H,1-6H2,(H,30,31). The van der Waals surface area contributed by atoms with Crippen LogP contribution in [0, 0.1) is 11.3 Å². The molecule has 1 aliphatic carbocycles. The molecule has 0 spiro atoms. The second-order valence-electron chi connectivity index (χ2n) is 8.21. The molecule has 184 valence electrons. The first-order valence-corrected chi connectivity index (χ1v) is 12.7. The highest BCUT2D eigenvalue weighted by molar-refractivity contribution is 7.89. The van der Waals surface area contributed by atoms with Gasteiger partial charge in [0.15, 0.2) is 5.01 Å². The first-order valence-electron chi connectivity index (χ1n) is 10.4. The fourth-order valence-electron chi connectivity index (χ4n) is 3.87. The summed E-state index contributed by atoms with van der Waals surface area (Å²) in [5.41, 5.74) is -0.367. The number of benzene rings is 1. The number of piperazine rings is 1. The minimum Gasteiger partial charge on any atom is -0.465 e. The van der Waals surface area contributed by atoms with Gasteiger partial charge in [0, 0.05) is 37.3 Å². The van der Waals surface area contributed by atoms with E-state index in [1.54, 1.807) is 0 Å². The number of nitrogens with one attached hydrogen (secondary N) is 1. The Bertz CT molecular complexity index is 1450. The van der Waals surface area contributed by atoms with Crippen LogP contribution in [0.1, 0.15) is 24.3 Å². The molecule has 0 atom stereocenters. The topological polar surface area (TPSA) is 157 Å². The molecule has 0 unspecified atom stereocenters. The first kappa shape index (κ1) is 23.3. The van der Waals surface area contributed by atoms with Crippen molar-refractivity contribution in [1.29, 1.82) is 5.26 Å². The normalized spacial score (nSPS) is 17.7. The van der Waals surface area contributed by atoms with Crippen LogP contribution in [0.4, 0.5) is 19.3 Å². The number of alkyl halides is 2. The summed E-state index contributed by atoms with van der Waals surface area (Å²) >= 11 is 0.630. The maximum atomic E-state index is 13.2. The molecule has 2 aromatic heterocycles. The van der Waals surface area contributed by atoms with Gasteiger partial charge in [0.1, 0.15) is 5.54 Å². The van der Waals surface area contributed by atoms with Gasteiger partial charge < -0.3 is 14.9 Å². The van der Waals surface area contributed by atoms with E-state index >= 15 is 0 Å². The number of nitrogens with zero attached hydrogens (tertiary/aromatic N) is 7. The maximum Gasteiger partial charge on any atom is 0.407 e. The number of amides is 1. The van der Waals surface area contributed by atoms with E-state index in [1.807, 2.05) is 11.0 Å². The Morgan fingerprint density at radius 2 is 1.94 bits per heavy atom. The summed E-state index contributed by atoms with van der Waals surface area (Å²) in [7, 11) is -4.13. The molecule has 16 heteroatoms. The van der Waals surface area contributed by atoms with Crippen LogP contribution in [-0.4, -0.2) is 76.2 Å². The Balaban J connectivity index is 1.61. The molecule has 3 heterocycles.